The molecule has 0 aliphatic carbocycles. The van der Waals surface area contributed by atoms with Gasteiger partial charge in [0.2, 0.25) is 0 Å². The Morgan fingerprint density at radius 3 is 3.14 bits per heavy atom. The minimum atomic E-state index is 0.482. The highest BCUT2D eigenvalue weighted by Crippen LogP contribution is 2.04. The summed E-state index contributed by atoms with van der Waals surface area (Å²) in [5.41, 5.74) is 2.13. The molecule has 6 nitrogen and oxygen atoms in total. The van der Waals surface area contributed by atoms with E-state index in [4.69, 9.17) is 0 Å². The fourth-order valence-corrected chi connectivity index (χ4v) is 1.10. The number of tetrazole rings is 1. The summed E-state index contributed by atoms with van der Waals surface area (Å²) in [6.07, 6.45) is 1.76. The molecule has 2 aromatic heterocycles. The van der Waals surface area contributed by atoms with Gasteiger partial charge in [-0.15, -0.1) is 5.10 Å². The van der Waals surface area contributed by atoms with Crippen molar-refractivity contribution in [1.29, 1.82) is 0 Å². The number of rotatable bonds is 3. The molecule has 0 unspecified atom stereocenters. The number of nitrogens with zero attached hydrogens (tertiary/aromatic N) is 4. The van der Waals surface area contributed by atoms with Gasteiger partial charge in [-0.2, -0.15) is 5.21 Å². The molecule has 0 aliphatic heterocycles. The number of hydrogen-bond donors (Lipinski definition) is 2. The average Bonchev–Trinajstić information content (AvgIpc) is 2.69. The normalized spacial score (nSPS) is 10.1. The molecule has 6 heteroatoms. The van der Waals surface area contributed by atoms with Crippen molar-refractivity contribution in [3.05, 3.63) is 29.6 Å². The van der Waals surface area contributed by atoms with Crippen LogP contribution < -0.4 is 5.32 Å². The quantitative estimate of drug-likeness (QED) is 0.737. The van der Waals surface area contributed by atoms with Gasteiger partial charge in [0, 0.05) is 6.20 Å². The molecule has 0 bridgehead atoms. The monoisotopic (exact) mass is 190 g/mol. The number of aromatic amines is 1. The minimum Gasteiger partial charge on any atom is -0.346 e. The van der Waals surface area contributed by atoms with Gasteiger partial charge < -0.3 is 5.32 Å². The molecule has 2 rings (SSSR count). The molecule has 2 aromatic rings. The Hall–Kier alpha value is -1.98. The zero-order valence-corrected chi connectivity index (χ0v) is 7.73. The van der Waals surface area contributed by atoms with Gasteiger partial charge in [0.05, 0.1) is 12.2 Å². The van der Waals surface area contributed by atoms with E-state index in [-0.39, 0.29) is 0 Å². The van der Waals surface area contributed by atoms with Gasteiger partial charge in [0.15, 0.2) is 0 Å². The van der Waals surface area contributed by atoms with Crippen LogP contribution in [-0.2, 0) is 6.54 Å². The summed E-state index contributed by atoms with van der Waals surface area (Å²) in [7, 11) is 0. The fraction of sp³-hybridized carbons (Fsp3) is 0.250. The van der Waals surface area contributed by atoms with Crippen molar-refractivity contribution in [2.75, 3.05) is 5.32 Å². The Morgan fingerprint density at radius 2 is 2.43 bits per heavy atom. The highest BCUT2D eigenvalue weighted by atomic mass is 15.5. The van der Waals surface area contributed by atoms with Crippen LogP contribution in [0, 0.1) is 6.92 Å². The molecule has 0 aliphatic rings. The summed E-state index contributed by atoms with van der Waals surface area (Å²) in [6.45, 7) is 2.62. The lowest BCUT2D eigenvalue weighted by Gasteiger charge is -2.03. The molecule has 0 aromatic carbocycles. The predicted octanol–water partition coefficient (Wildman–Crippen LogP) is 0.515. The van der Waals surface area contributed by atoms with E-state index in [1.54, 1.807) is 6.20 Å². The van der Waals surface area contributed by atoms with Crippen molar-refractivity contribution >= 4 is 5.95 Å². The smallest absolute Gasteiger partial charge is 0.263 e. The van der Waals surface area contributed by atoms with Crippen molar-refractivity contribution in [3.8, 4) is 0 Å². The van der Waals surface area contributed by atoms with E-state index in [1.807, 2.05) is 19.1 Å². The number of anilines is 1. The lowest BCUT2D eigenvalue weighted by molar-refractivity contribution is 0.881. The molecular weight excluding hydrogens is 180 g/mol. The second-order valence-corrected chi connectivity index (χ2v) is 2.86. The van der Waals surface area contributed by atoms with Crippen LogP contribution in [0.2, 0.25) is 0 Å². The van der Waals surface area contributed by atoms with E-state index in [1.165, 1.54) is 0 Å². The molecule has 0 atom stereocenters. The number of pyridine rings is 1. The lowest BCUT2D eigenvalue weighted by Crippen LogP contribution is -2.04. The van der Waals surface area contributed by atoms with E-state index in [0.29, 0.717) is 12.5 Å². The molecule has 72 valence electrons. The van der Waals surface area contributed by atoms with Crippen LogP contribution in [0.3, 0.4) is 0 Å². The van der Waals surface area contributed by atoms with Crippen LogP contribution in [0.4, 0.5) is 5.95 Å². The van der Waals surface area contributed by atoms with E-state index in [0.717, 1.165) is 11.3 Å². The number of nitrogens with one attached hydrogen (secondary N) is 2. The summed E-state index contributed by atoms with van der Waals surface area (Å²) in [5.74, 6) is 0.482. The van der Waals surface area contributed by atoms with Crippen molar-refractivity contribution in [2.45, 2.75) is 13.5 Å². The van der Waals surface area contributed by atoms with Crippen LogP contribution in [0.1, 0.15) is 11.3 Å². The van der Waals surface area contributed by atoms with Crippen molar-refractivity contribution < 1.29 is 0 Å². The Kier molecular flexibility index (Phi) is 2.35. The van der Waals surface area contributed by atoms with Gasteiger partial charge in [-0.1, -0.05) is 11.2 Å². The zero-order chi connectivity index (χ0) is 9.80. The standard InChI is InChI=1S/C8H10N6/c1-6-3-2-4-9-7(6)5-10-8-11-13-14-12-8/h2-4H,5H2,1H3,(H2,10,11,12,13,14). The Bertz CT molecular complexity index is 396. The summed E-state index contributed by atoms with van der Waals surface area (Å²) in [5, 5.41) is 16.4. The highest BCUT2D eigenvalue weighted by Gasteiger charge is 2.00. The van der Waals surface area contributed by atoms with E-state index in [2.05, 4.69) is 30.9 Å². The van der Waals surface area contributed by atoms with Gasteiger partial charge in [-0.25, -0.2) is 0 Å². The van der Waals surface area contributed by atoms with Gasteiger partial charge in [-0.05, 0) is 23.8 Å². The van der Waals surface area contributed by atoms with Gasteiger partial charge in [-0.3, -0.25) is 4.98 Å². The summed E-state index contributed by atoms with van der Waals surface area (Å²) in [4.78, 5) is 4.23. The molecule has 0 saturated heterocycles. The fourth-order valence-electron chi connectivity index (χ4n) is 1.10. The van der Waals surface area contributed by atoms with E-state index in [9.17, 15) is 0 Å². The van der Waals surface area contributed by atoms with Crippen LogP contribution in [0.5, 0.6) is 0 Å². The van der Waals surface area contributed by atoms with Crippen molar-refractivity contribution in [1.82, 2.24) is 25.6 Å². The van der Waals surface area contributed by atoms with Gasteiger partial charge >= 0.3 is 0 Å². The van der Waals surface area contributed by atoms with E-state index >= 15 is 0 Å². The van der Waals surface area contributed by atoms with Crippen molar-refractivity contribution in [3.63, 3.8) is 0 Å². The predicted molar refractivity (Wildman–Crippen MR) is 50.5 cm³/mol. The molecule has 0 amide bonds. The first-order valence-corrected chi connectivity index (χ1v) is 4.24. The first-order chi connectivity index (χ1) is 6.86. The van der Waals surface area contributed by atoms with Crippen LogP contribution in [-0.4, -0.2) is 25.6 Å². The summed E-state index contributed by atoms with van der Waals surface area (Å²) < 4.78 is 0. The molecule has 0 saturated carbocycles. The molecule has 0 radical (unpaired) electrons. The second-order valence-electron chi connectivity index (χ2n) is 2.86. The number of aromatic nitrogens is 5. The van der Waals surface area contributed by atoms with Gasteiger partial charge in [0.25, 0.3) is 5.95 Å². The maximum Gasteiger partial charge on any atom is 0.263 e. The molecule has 14 heavy (non-hydrogen) atoms. The maximum absolute atomic E-state index is 4.23. The zero-order valence-electron chi connectivity index (χ0n) is 7.73. The topological polar surface area (TPSA) is 79.4 Å². The SMILES string of the molecule is Cc1cccnc1CNc1nn[nH]n1. The summed E-state index contributed by atoms with van der Waals surface area (Å²) in [6, 6.07) is 3.92. The highest BCUT2D eigenvalue weighted by molar-refractivity contribution is 5.25. The van der Waals surface area contributed by atoms with Crippen LogP contribution in [0.15, 0.2) is 18.3 Å². The Labute approximate surface area is 80.8 Å². The molecular formula is C8H10N6. The number of H-pyrrole nitrogens is 1. The molecule has 0 fully saturated rings. The van der Waals surface area contributed by atoms with Crippen LogP contribution >= 0.6 is 0 Å². The third-order valence-corrected chi connectivity index (χ3v) is 1.88. The first kappa shape index (κ1) is 8.61. The largest absolute Gasteiger partial charge is 0.346 e. The minimum absolute atomic E-state index is 0.482. The first-order valence-electron chi connectivity index (χ1n) is 4.24. The summed E-state index contributed by atoms with van der Waals surface area (Å²) >= 11 is 0. The molecule has 2 heterocycles. The second kappa shape index (κ2) is 3.82. The van der Waals surface area contributed by atoms with Gasteiger partial charge in [0.1, 0.15) is 0 Å². The van der Waals surface area contributed by atoms with Crippen molar-refractivity contribution in [2.24, 2.45) is 0 Å². The number of hydrogen-bond acceptors (Lipinski definition) is 5. The molecule has 2 N–H and O–H groups in total. The third kappa shape index (κ3) is 1.85. The van der Waals surface area contributed by atoms with Crippen LogP contribution in [0.25, 0.3) is 0 Å². The third-order valence-electron chi connectivity index (χ3n) is 1.88. The maximum atomic E-state index is 4.23. The Morgan fingerprint density at radius 1 is 1.50 bits per heavy atom. The molecule has 0 spiro atoms. The lowest BCUT2D eigenvalue weighted by atomic mass is 10.2. The van der Waals surface area contributed by atoms with E-state index < -0.39 is 0 Å². The average molecular weight is 190 g/mol. The Balaban J connectivity index is 2.02. The number of aryl methyl sites for hydroxylation is 1.